The molecule has 0 heterocycles. The van der Waals surface area contributed by atoms with E-state index in [2.05, 4.69) is 0 Å². The molecule has 0 unspecified atom stereocenters. The normalized spacial score (nSPS) is 10.4. The maximum absolute atomic E-state index is 12.2. The molecule has 2 N–H and O–H groups in total. The first-order valence-corrected chi connectivity index (χ1v) is 7.09. The molecule has 0 fully saturated rings. The van der Waals surface area contributed by atoms with Gasteiger partial charge in [0.15, 0.2) is 6.61 Å². The van der Waals surface area contributed by atoms with Crippen LogP contribution in [0, 0.1) is 20.8 Å². The van der Waals surface area contributed by atoms with Crippen molar-refractivity contribution in [1.29, 1.82) is 0 Å². The third-order valence-corrected chi connectivity index (χ3v) is 3.68. The number of ether oxygens (including phenoxy) is 1. The molecule has 5 heteroatoms. The molecule has 23 heavy (non-hydrogen) atoms. The molecule has 0 bridgehead atoms. The predicted octanol–water partition coefficient (Wildman–Crippen LogP) is 3.06. The highest BCUT2D eigenvalue weighted by atomic mass is 16.5. The number of hydrogen-bond acceptors (Lipinski definition) is 5. The summed E-state index contributed by atoms with van der Waals surface area (Å²) in [5.41, 5.74) is 3.30. The number of benzene rings is 2. The third kappa shape index (κ3) is 3.69. The quantitative estimate of drug-likeness (QED) is 0.669. The van der Waals surface area contributed by atoms with Crippen molar-refractivity contribution in [2.45, 2.75) is 20.8 Å². The zero-order chi connectivity index (χ0) is 17.1. The maximum atomic E-state index is 12.2. The third-order valence-electron chi connectivity index (χ3n) is 3.68. The minimum absolute atomic E-state index is 0.104. The SMILES string of the molecule is Cc1cc(C)c(C(=O)COC(=O)c2ccc(O)cc2O)cc1C. The second kappa shape index (κ2) is 6.52. The van der Waals surface area contributed by atoms with E-state index in [1.54, 1.807) is 6.07 Å². The Bertz CT molecular complexity index is 777. The van der Waals surface area contributed by atoms with E-state index in [1.807, 2.05) is 26.8 Å². The summed E-state index contributed by atoms with van der Waals surface area (Å²) in [7, 11) is 0. The minimum atomic E-state index is -0.822. The molecule has 0 atom stereocenters. The van der Waals surface area contributed by atoms with Crippen molar-refractivity contribution in [3.63, 3.8) is 0 Å². The maximum Gasteiger partial charge on any atom is 0.342 e. The Labute approximate surface area is 134 Å². The van der Waals surface area contributed by atoms with Gasteiger partial charge in [-0.2, -0.15) is 0 Å². The zero-order valence-corrected chi connectivity index (χ0v) is 13.2. The molecule has 0 aliphatic heterocycles. The van der Waals surface area contributed by atoms with Crippen LogP contribution in [0.3, 0.4) is 0 Å². The van der Waals surface area contributed by atoms with Gasteiger partial charge in [-0.15, -0.1) is 0 Å². The van der Waals surface area contributed by atoms with Crippen LogP contribution >= 0.6 is 0 Å². The zero-order valence-electron chi connectivity index (χ0n) is 13.2. The van der Waals surface area contributed by atoms with E-state index in [9.17, 15) is 19.8 Å². The van der Waals surface area contributed by atoms with Crippen LogP contribution in [-0.4, -0.2) is 28.6 Å². The number of aryl methyl sites for hydroxylation is 3. The number of phenolic OH excluding ortho intramolecular Hbond substituents is 2. The number of carbonyl (C=O) groups is 2. The topological polar surface area (TPSA) is 83.8 Å². The van der Waals surface area contributed by atoms with Gasteiger partial charge in [-0.05, 0) is 55.7 Å². The van der Waals surface area contributed by atoms with E-state index >= 15 is 0 Å². The van der Waals surface area contributed by atoms with Gasteiger partial charge in [0.2, 0.25) is 5.78 Å². The van der Waals surface area contributed by atoms with Crippen LogP contribution in [0.1, 0.15) is 37.4 Å². The molecule has 0 amide bonds. The molecule has 0 saturated carbocycles. The molecule has 0 aliphatic carbocycles. The highest BCUT2D eigenvalue weighted by Crippen LogP contribution is 2.23. The first-order chi connectivity index (χ1) is 10.8. The molecule has 0 saturated heterocycles. The van der Waals surface area contributed by atoms with Crippen LogP contribution in [0.15, 0.2) is 30.3 Å². The van der Waals surface area contributed by atoms with Crippen LogP contribution in [0.5, 0.6) is 11.5 Å². The van der Waals surface area contributed by atoms with E-state index in [4.69, 9.17) is 4.74 Å². The van der Waals surface area contributed by atoms with Crippen molar-refractivity contribution in [1.82, 2.24) is 0 Å². The summed E-state index contributed by atoms with van der Waals surface area (Å²) < 4.78 is 4.96. The number of Topliss-reactive ketones (excluding diaryl/α,β-unsaturated/α-hetero) is 1. The first kappa shape index (κ1) is 16.5. The Kier molecular flexibility index (Phi) is 4.69. The molecule has 0 aliphatic rings. The predicted molar refractivity (Wildman–Crippen MR) is 85.0 cm³/mol. The average Bonchev–Trinajstić information content (AvgIpc) is 2.48. The van der Waals surface area contributed by atoms with Gasteiger partial charge in [0.1, 0.15) is 17.1 Å². The number of rotatable bonds is 4. The lowest BCUT2D eigenvalue weighted by atomic mass is 9.98. The lowest BCUT2D eigenvalue weighted by molar-refractivity contribution is 0.0471. The van der Waals surface area contributed by atoms with E-state index in [0.717, 1.165) is 22.8 Å². The Hall–Kier alpha value is -2.82. The van der Waals surface area contributed by atoms with Gasteiger partial charge in [0.25, 0.3) is 0 Å². The standard InChI is InChI=1S/C18H18O5/c1-10-6-12(3)15(7-11(10)2)17(21)9-23-18(22)14-5-4-13(19)8-16(14)20/h4-8,19-20H,9H2,1-3H3. The largest absolute Gasteiger partial charge is 0.508 e. The Morgan fingerprint density at radius 3 is 2.22 bits per heavy atom. The van der Waals surface area contributed by atoms with Crippen LogP contribution < -0.4 is 0 Å². The smallest absolute Gasteiger partial charge is 0.342 e. The minimum Gasteiger partial charge on any atom is -0.508 e. The van der Waals surface area contributed by atoms with Crippen molar-refractivity contribution >= 4 is 11.8 Å². The fourth-order valence-corrected chi connectivity index (χ4v) is 2.24. The van der Waals surface area contributed by atoms with Gasteiger partial charge in [0, 0.05) is 11.6 Å². The molecule has 2 aromatic rings. The Balaban J connectivity index is 2.10. The van der Waals surface area contributed by atoms with Crippen molar-refractivity contribution in [3.8, 4) is 11.5 Å². The highest BCUT2D eigenvalue weighted by Gasteiger charge is 2.17. The average molecular weight is 314 g/mol. The highest BCUT2D eigenvalue weighted by molar-refractivity contribution is 6.01. The van der Waals surface area contributed by atoms with Gasteiger partial charge in [-0.25, -0.2) is 4.79 Å². The molecule has 120 valence electrons. The van der Waals surface area contributed by atoms with Crippen LogP contribution in [-0.2, 0) is 4.74 Å². The number of esters is 1. The molecule has 5 nitrogen and oxygen atoms in total. The fourth-order valence-electron chi connectivity index (χ4n) is 2.24. The van der Waals surface area contributed by atoms with Gasteiger partial charge in [0.05, 0.1) is 0 Å². The van der Waals surface area contributed by atoms with Crippen molar-refractivity contribution in [2.24, 2.45) is 0 Å². The van der Waals surface area contributed by atoms with Crippen LogP contribution in [0.25, 0.3) is 0 Å². The number of hydrogen-bond donors (Lipinski definition) is 2. The van der Waals surface area contributed by atoms with E-state index in [0.29, 0.717) is 5.56 Å². The number of phenols is 2. The second-order valence-corrected chi connectivity index (χ2v) is 5.45. The van der Waals surface area contributed by atoms with Gasteiger partial charge in [-0.1, -0.05) is 6.07 Å². The summed E-state index contributed by atoms with van der Waals surface area (Å²) in [6, 6.07) is 7.21. The molecule has 0 radical (unpaired) electrons. The van der Waals surface area contributed by atoms with Gasteiger partial charge in [-0.3, -0.25) is 4.79 Å². The molecular formula is C18H18O5. The molecule has 2 rings (SSSR count). The van der Waals surface area contributed by atoms with Gasteiger partial charge >= 0.3 is 5.97 Å². The Morgan fingerprint density at radius 1 is 0.913 bits per heavy atom. The number of carbonyl (C=O) groups excluding carboxylic acids is 2. The molecule has 2 aromatic carbocycles. The monoisotopic (exact) mass is 314 g/mol. The summed E-state index contributed by atoms with van der Waals surface area (Å²) in [5.74, 6) is -1.69. The molecular weight excluding hydrogens is 296 g/mol. The van der Waals surface area contributed by atoms with E-state index in [-0.39, 0.29) is 17.1 Å². The second-order valence-electron chi connectivity index (χ2n) is 5.45. The van der Waals surface area contributed by atoms with Crippen LogP contribution in [0.4, 0.5) is 0 Å². The number of ketones is 1. The lowest BCUT2D eigenvalue weighted by Crippen LogP contribution is -2.15. The summed E-state index contributed by atoms with van der Waals surface area (Å²) >= 11 is 0. The van der Waals surface area contributed by atoms with Crippen molar-refractivity contribution in [2.75, 3.05) is 6.61 Å². The summed E-state index contributed by atoms with van der Waals surface area (Å²) in [5, 5.41) is 18.8. The van der Waals surface area contributed by atoms with Crippen molar-refractivity contribution in [3.05, 3.63) is 58.1 Å². The number of aromatic hydroxyl groups is 2. The molecule has 0 spiro atoms. The molecule has 0 aromatic heterocycles. The Morgan fingerprint density at radius 2 is 1.57 bits per heavy atom. The lowest BCUT2D eigenvalue weighted by Gasteiger charge is -2.10. The van der Waals surface area contributed by atoms with Crippen molar-refractivity contribution < 1.29 is 24.5 Å². The van der Waals surface area contributed by atoms with E-state index in [1.165, 1.54) is 12.1 Å². The summed E-state index contributed by atoms with van der Waals surface area (Å²) in [6.45, 7) is 5.28. The fraction of sp³-hybridized carbons (Fsp3) is 0.222. The van der Waals surface area contributed by atoms with Crippen LogP contribution in [0.2, 0.25) is 0 Å². The summed E-state index contributed by atoms with van der Waals surface area (Å²) in [4.78, 5) is 24.1. The summed E-state index contributed by atoms with van der Waals surface area (Å²) in [6.07, 6.45) is 0. The first-order valence-electron chi connectivity index (χ1n) is 7.09. The van der Waals surface area contributed by atoms with E-state index < -0.39 is 18.3 Å². The van der Waals surface area contributed by atoms with Gasteiger partial charge < -0.3 is 14.9 Å².